The molecule has 0 aliphatic heterocycles. The summed E-state index contributed by atoms with van der Waals surface area (Å²) in [7, 11) is 0. The Morgan fingerprint density at radius 2 is 2.50 bits per heavy atom. The average Bonchev–Trinajstić information content (AvgIpc) is 1.83. The number of hydrogen-bond donors (Lipinski definition) is 0. The summed E-state index contributed by atoms with van der Waals surface area (Å²) in [6.07, 6.45) is 5.16. The molecule has 1 radical (unpaired) electrons. The first-order valence-corrected chi connectivity index (χ1v) is 2.34. The van der Waals surface area contributed by atoms with Crippen molar-refractivity contribution in [2.24, 2.45) is 0 Å². The van der Waals surface area contributed by atoms with Crippen LogP contribution in [0.1, 0.15) is 13.3 Å². The van der Waals surface area contributed by atoms with Crippen LogP contribution in [0.25, 0.3) is 0 Å². The van der Waals surface area contributed by atoms with Crippen LogP contribution in [0.4, 0.5) is 0 Å². The Balaban J connectivity index is 3.40. The van der Waals surface area contributed by atoms with Crippen molar-refractivity contribution in [2.45, 2.75) is 19.4 Å². The fraction of sp³-hybridized carbons (Fsp3) is 0.500. The van der Waals surface area contributed by atoms with Crippen molar-refractivity contribution in [1.29, 1.82) is 0 Å². The Kier molecular flexibility index (Phi) is 3.69. The van der Waals surface area contributed by atoms with Crippen LogP contribution in [0, 0.1) is 12.3 Å². The topological polar surface area (TPSA) is 26.3 Å². The Morgan fingerprint density at radius 3 is 2.62 bits per heavy atom. The van der Waals surface area contributed by atoms with E-state index in [2.05, 4.69) is 10.7 Å². The first kappa shape index (κ1) is 7.03. The van der Waals surface area contributed by atoms with E-state index in [0.717, 1.165) is 0 Å². The molecule has 2 heteroatoms. The van der Waals surface area contributed by atoms with Gasteiger partial charge in [0.15, 0.2) is 6.10 Å². The van der Waals surface area contributed by atoms with Crippen LogP contribution in [-0.4, -0.2) is 12.6 Å². The lowest BCUT2D eigenvalue weighted by Crippen LogP contribution is -2.06. The maximum Gasteiger partial charge on any atom is 0.418 e. The molecule has 0 amide bonds. The zero-order valence-electron chi connectivity index (χ0n) is 4.68. The van der Waals surface area contributed by atoms with Crippen molar-refractivity contribution in [3.05, 3.63) is 0 Å². The zero-order chi connectivity index (χ0) is 6.41. The molecule has 0 aliphatic carbocycles. The molecule has 0 heterocycles. The van der Waals surface area contributed by atoms with E-state index in [1.165, 1.54) is 6.47 Å². The highest BCUT2D eigenvalue weighted by Gasteiger charge is 1.97. The lowest BCUT2D eigenvalue weighted by Gasteiger charge is -2.00. The maximum absolute atomic E-state index is 9.49. The minimum atomic E-state index is -0.396. The first-order chi connectivity index (χ1) is 3.85. The third kappa shape index (κ3) is 2.25. The fourth-order valence-corrected chi connectivity index (χ4v) is 0.293. The van der Waals surface area contributed by atoms with Gasteiger partial charge >= 0.3 is 6.47 Å². The molecule has 0 aliphatic rings. The Labute approximate surface area is 48.8 Å². The summed E-state index contributed by atoms with van der Waals surface area (Å²) in [5, 5.41) is 0. The summed E-state index contributed by atoms with van der Waals surface area (Å²) < 4.78 is 4.30. The number of hydrogen-bond acceptors (Lipinski definition) is 2. The average molecular weight is 111 g/mol. The highest BCUT2D eigenvalue weighted by Crippen LogP contribution is 1.91. The second-order valence-corrected chi connectivity index (χ2v) is 1.26. The predicted molar refractivity (Wildman–Crippen MR) is 29.7 cm³/mol. The second-order valence-electron chi connectivity index (χ2n) is 1.26. The van der Waals surface area contributed by atoms with Crippen LogP contribution < -0.4 is 0 Å². The molecule has 1 unspecified atom stereocenters. The minimum absolute atomic E-state index is 0.396. The lowest BCUT2D eigenvalue weighted by atomic mass is 10.3. The molecule has 0 aromatic rings. The van der Waals surface area contributed by atoms with Crippen molar-refractivity contribution in [3.8, 4) is 12.3 Å². The predicted octanol–water partition coefficient (Wildman–Crippen LogP) is 0.482. The Hall–Kier alpha value is -0.970. The van der Waals surface area contributed by atoms with Crippen LogP contribution in [0.5, 0.6) is 0 Å². The number of ether oxygens (including phenoxy) is 1. The highest BCUT2D eigenvalue weighted by molar-refractivity contribution is 5.39. The van der Waals surface area contributed by atoms with Crippen molar-refractivity contribution < 1.29 is 9.53 Å². The second kappa shape index (κ2) is 4.20. The van der Waals surface area contributed by atoms with E-state index < -0.39 is 6.10 Å². The Bertz CT molecular complexity index is 102. The molecule has 1 atom stereocenters. The normalized spacial score (nSPS) is 11.5. The molecular formula is C6H7O2. The molecule has 8 heavy (non-hydrogen) atoms. The number of rotatable bonds is 3. The van der Waals surface area contributed by atoms with Crippen LogP contribution in [0.15, 0.2) is 0 Å². The van der Waals surface area contributed by atoms with Gasteiger partial charge < -0.3 is 4.74 Å². The van der Waals surface area contributed by atoms with Gasteiger partial charge in [0.25, 0.3) is 0 Å². The summed E-state index contributed by atoms with van der Waals surface area (Å²) >= 11 is 0. The van der Waals surface area contributed by atoms with Crippen molar-refractivity contribution in [2.75, 3.05) is 0 Å². The standard InChI is InChI=1S/C6H7O2/c1-3-6(4-2)8-5-7/h1,6H,4H2,2H3. The summed E-state index contributed by atoms with van der Waals surface area (Å²) in [5.41, 5.74) is 0. The quantitative estimate of drug-likeness (QED) is 0.495. The lowest BCUT2D eigenvalue weighted by molar-refractivity contribution is 0.223. The van der Waals surface area contributed by atoms with Gasteiger partial charge in [-0.25, -0.2) is 4.79 Å². The molecule has 0 aromatic carbocycles. The van der Waals surface area contributed by atoms with Crippen molar-refractivity contribution in [1.82, 2.24) is 0 Å². The van der Waals surface area contributed by atoms with Gasteiger partial charge in [-0.05, 0) is 6.42 Å². The Morgan fingerprint density at radius 1 is 1.88 bits per heavy atom. The van der Waals surface area contributed by atoms with E-state index in [9.17, 15) is 4.79 Å². The molecule has 0 bridgehead atoms. The molecule has 0 saturated heterocycles. The molecule has 0 N–H and O–H groups in total. The van der Waals surface area contributed by atoms with Gasteiger partial charge in [0.05, 0.1) is 0 Å². The van der Waals surface area contributed by atoms with Crippen LogP contribution in [0.3, 0.4) is 0 Å². The summed E-state index contributed by atoms with van der Waals surface area (Å²) in [4.78, 5) is 9.49. The third-order valence-corrected chi connectivity index (χ3v) is 0.747. The number of terminal acetylenes is 1. The van der Waals surface area contributed by atoms with Gasteiger partial charge in [-0.15, -0.1) is 6.42 Å². The van der Waals surface area contributed by atoms with Crippen LogP contribution in [-0.2, 0) is 9.53 Å². The molecule has 0 aromatic heterocycles. The van der Waals surface area contributed by atoms with E-state index >= 15 is 0 Å². The molecular weight excluding hydrogens is 104 g/mol. The maximum atomic E-state index is 9.49. The zero-order valence-corrected chi connectivity index (χ0v) is 4.68. The van der Waals surface area contributed by atoms with Crippen molar-refractivity contribution >= 4 is 6.47 Å². The summed E-state index contributed by atoms with van der Waals surface area (Å²) in [6.45, 7) is 3.11. The molecule has 0 fully saturated rings. The van der Waals surface area contributed by atoms with Gasteiger partial charge in [-0.1, -0.05) is 12.8 Å². The van der Waals surface area contributed by atoms with E-state index in [1.807, 2.05) is 6.92 Å². The van der Waals surface area contributed by atoms with Gasteiger partial charge in [0.1, 0.15) is 0 Å². The van der Waals surface area contributed by atoms with Gasteiger partial charge in [0, 0.05) is 0 Å². The van der Waals surface area contributed by atoms with Crippen LogP contribution >= 0.6 is 0 Å². The van der Waals surface area contributed by atoms with Gasteiger partial charge in [-0.3, -0.25) is 0 Å². The summed E-state index contributed by atoms with van der Waals surface area (Å²) in [5.74, 6) is 2.27. The molecule has 0 spiro atoms. The monoisotopic (exact) mass is 111 g/mol. The van der Waals surface area contributed by atoms with Crippen molar-refractivity contribution in [3.63, 3.8) is 0 Å². The molecule has 0 rings (SSSR count). The van der Waals surface area contributed by atoms with Gasteiger partial charge in [0.2, 0.25) is 0 Å². The summed E-state index contributed by atoms with van der Waals surface area (Å²) in [6, 6.07) is 0. The first-order valence-electron chi connectivity index (χ1n) is 2.34. The molecule has 43 valence electrons. The van der Waals surface area contributed by atoms with Crippen LogP contribution in [0.2, 0.25) is 0 Å². The third-order valence-electron chi connectivity index (χ3n) is 0.747. The SMILES string of the molecule is C#CC(CC)O[C]=O. The van der Waals surface area contributed by atoms with E-state index in [4.69, 9.17) is 6.42 Å². The number of carbonyl (C=O) groups excluding carboxylic acids is 1. The smallest absolute Gasteiger partial charge is 0.418 e. The van der Waals surface area contributed by atoms with E-state index in [1.54, 1.807) is 0 Å². The molecule has 2 nitrogen and oxygen atoms in total. The largest absolute Gasteiger partial charge is 0.441 e. The minimum Gasteiger partial charge on any atom is -0.441 e. The van der Waals surface area contributed by atoms with Gasteiger partial charge in [-0.2, -0.15) is 0 Å². The highest BCUT2D eigenvalue weighted by atomic mass is 16.5. The van der Waals surface area contributed by atoms with E-state index in [0.29, 0.717) is 6.42 Å². The molecule has 0 saturated carbocycles. The fourth-order valence-electron chi connectivity index (χ4n) is 0.293. The van der Waals surface area contributed by atoms with E-state index in [-0.39, 0.29) is 0 Å².